The fraction of sp³-hybridized carbons (Fsp3) is 0.167. The van der Waals surface area contributed by atoms with E-state index in [-0.39, 0.29) is 25.9 Å². The molecular formula is C6HCl6N. The van der Waals surface area contributed by atoms with Crippen LogP contribution in [0.2, 0.25) is 20.2 Å². The molecule has 0 aliphatic heterocycles. The second kappa shape index (κ2) is 4.61. The van der Waals surface area contributed by atoms with Gasteiger partial charge in [0.05, 0.1) is 20.8 Å². The van der Waals surface area contributed by atoms with Crippen molar-refractivity contribution in [3.8, 4) is 0 Å². The normalized spacial score (nSPS) is 11.0. The van der Waals surface area contributed by atoms with Crippen molar-refractivity contribution in [2.45, 2.75) is 4.84 Å². The first kappa shape index (κ1) is 12.0. The summed E-state index contributed by atoms with van der Waals surface area (Å²) in [5.41, 5.74) is 0.199. The zero-order valence-electron chi connectivity index (χ0n) is 5.79. The third kappa shape index (κ3) is 2.47. The third-order valence-corrected chi connectivity index (χ3v) is 3.32. The Bertz CT molecular complexity index is 336. The summed E-state index contributed by atoms with van der Waals surface area (Å²) in [5, 5.41) is 0.333. The average molecular weight is 300 g/mol. The minimum absolute atomic E-state index is 0.0253. The van der Waals surface area contributed by atoms with Crippen molar-refractivity contribution >= 4 is 69.6 Å². The minimum atomic E-state index is -0.889. The molecule has 0 N–H and O–H groups in total. The van der Waals surface area contributed by atoms with E-state index in [2.05, 4.69) is 4.98 Å². The average Bonchev–Trinajstić information content (AvgIpc) is 2.07. The first-order chi connectivity index (χ1) is 5.95. The number of aromatic nitrogens is 1. The van der Waals surface area contributed by atoms with E-state index >= 15 is 0 Å². The Labute approximate surface area is 105 Å². The lowest BCUT2D eigenvalue weighted by Gasteiger charge is -2.07. The van der Waals surface area contributed by atoms with E-state index in [1.54, 1.807) is 0 Å². The Balaban J connectivity index is 3.41. The SMILES string of the molecule is Clc1nc(C(Cl)Cl)c(Cl)c(Cl)c1Cl. The second-order valence-electron chi connectivity index (χ2n) is 2.03. The predicted octanol–water partition coefficient (Wildman–Crippen LogP) is 5.17. The molecule has 72 valence electrons. The molecule has 1 rings (SSSR count). The molecule has 0 saturated carbocycles. The van der Waals surface area contributed by atoms with Crippen LogP contribution in [0.5, 0.6) is 0 Å². The summed E-state index contributed by atoms with van der Waals surface area (Å²) in [6.45, 7) is 0. The summed E-state index contributed by atoms with van der Waals surface area (Å²) >= 11 is 33.9. The van der Waals surface area contributed by atoms with E-state index in [1.165, 1.54) is 0 Å². The lowest BCUT2D eigenvalue weighted by Crippen LogP contribution is -1.92. The van der Waals surface area contributed by atoms with E-state index in [4.69, 9.17) is 69.6 Å². The molecule has 0 radical (unpaired) electrons. The summed E-state index contributed by atoms with van der Waals surface area (Å²) in [7, 11) is 0. The molecule has 0 amide bonds. The van der Waals surface area contributed by atoms with Gasteiger partial charge in [-0.25, -0.2) is 4.98 Å². The largest absolute Gasteiger partial charge is 0.235 e. The first-order valence-corrected chi connectivity index (χ1v) is 5.31. The smallest absolute Gasteiger partial charge is 0.151 e. The topological polar surface area (TPSA) is 12.9 Å². The molecular weight excluding hydrogens is 299 g/mol. The summed E-state index contributed by atoms with van der Waals surface area (Å²) < 4.78 is 0. The zero-order valence-corrected chi connectivity index (χ0v) is 10.3. The van der Waals surface area contributed by atoms with E-state index in [9.17, 15) is 0 Å². The van der Waals surface area contributed by atoms with Crippen LogP contribution in [0.15, 0.2) is 0 Å². The Morgan fingerprint density at radius 3 is 1.85 bits per heavy atom. The number of halogens is 6. The molecule has 0 aliphatic carbocycles. The van der Waals surface area contributed by atoms with Crippen LogP contribution in [0.1, 0.15) is 10.5 Å². The van der Waals surface area contributed by atoms with Crippen molar-refractivity contribution in [2.75, 3.05) is 0 Å². The monoisotopic (exact) mass is 297 g/mol. The molecule has 7 heteroatoms. The van der Waals surface area contributed by atoms with E-state index in [1.807, 2.05) is 0 Å². The number of pyridine rings is 1. The highest BCUT2D eigenvalue weighted by Gasteiger charge is 2.18. The molecule has 0 fully saturated rings. The molecule has 13 heavy (non-hydrogen) atoms. The summed E-state index contributed by atoms with van der Waals surface area (Å²) in [6.07, 6.45) is 0. The highest BCUT2D eigenvalue weighted by molar-refractivity contribution is 6.52. The quantitative estimate of drug-likeness (QED) is 0.515. The van der Waals surface area contributed by atoms with Gasteiger partial charge >= 0.3 is 0 Å². The lowest BCUT2D eigenvalue weighted by atomic mass is 10.4. The van der Waals surface area contributed by atoms with Gasteiger partial charge in [-0.05, 0) is 0 Å². The van der Waals surface area contributed by atoms with Crippen LogP contribution in [-0.4, -0.2) is 4.98 Å². The Hall–Kier alpha value is 0.890. The molecule has 0 bridgehead atoms. The van der Waals surface area contributed by atoms with Gasteiger partial charge in [0.2, 0.25) is 0 Å². The molecule has 0 aromatic carbocycles. The molecule has 0 unspecified atom stereocenters. The standard InChI is InChI=1S/C6HCl6N/c7-1-2(8)4(5(10)11)13-6(12)3(1)9/h5H. The number of alkyl halides is 2. The van der Waals surface area contributed by atoms with Crippen LogP contribution < -0.4 is 0 Å². The Morgan fingerprint density at radius 2 is 1.38 bits per heavy atom. The van der Waals surface area contributed by atoms with E-state index in [0.29, 0.717) is 0 Å². The molecule has 1 nitrogen and oxygen atoms in total. The molecule has 0 atom stereocenters. The number of hydrogen-bond donors (Lipinski definition) is 0. The molecule has 1 aromatic rings. The molecule has 1 heterocycles. The van der Waals surface area contributed by atoms with Crippen LogP contribution >= 0.6 is 69.6 Å². The maximum atomic E-state index is 5.76. The van der Waals surface area contributed by atoms with Crippen molar-refractivity contribution in [3.63, 3.8) is 0 Å². The maximum Gasteiger partial charge on any atom is 0.151 e. The van der Waals surface area contributed by atoms with Gasteiger partial charge < -0.3 is 0 Å². The van der Waals surface area contributed by atoms with Gasteiger partial charge in [-0.15, -0.1) is 0 Å². The van der Waals surface area contributed by atoms with Gasteiger partial charge in [-0.3, -0.25) is 0 Å². The number of rotatable bonds is 1. The van der Waals surface area contributed by atoms with Crippen LogP contribution in [0.4, 0.5) is 0 Å². The Kier molecular flexibility index (Phi) is 4.24. The molecule has 0 spiro atoms. The fourth-order valence-electron chi connectivity index (χ4n) is 0.648. The summed E-state index contributed by atoms with van der Waals surface area (Å²) in [5.74, 6) is 0. The Morgan fingerprint density at radius 1 is 0.846 bits per heavy atom. The molecule has 0 saturated heterocycles. The van der Waals surface area contributed by atoms with Crippen molar-refractivity contribution in [1.82, 2.24) is 4.98 Å². The van der Waals surface area contributed by atoms with Crippen molar-refractivity contribution in [1.29, 1.82) is 0 Å². The maximum absolute atomic E-state index is 5.76. The van der Waals surface area contributed by atoms with Gasteiger partial charge in [-0.2, -0.15) is 0 Å². The second-order valence-corrected chi connectivity index (χ2v) is 4.62. The highest BCUT2D eigenvalue weighted by atomic mass is 35.5. The van der Waals surface area contributed by atoms with Crippen LogP contribution in [0, 0.1) is 0 Å². The highest BCUT2D eigenvalue weighted by Crippen LogP contribution is 2.40. The van der Waals surface area contributed by atoms with Crippen molar-refractivity contribution in [2.24, 2.45) is 0 Å². The summed E-state index contributed by atoms with van der Waals surface area (Å²) in [4.78, 5) is 2.90. The zero-order chi connectivity index (χ0) is 10.2. The van der Waals surface area contributed by atoms with Gasteiger partial charge in [-0.1, -0.05) is 69.6 Å². The van der Waals surface area contributed by atoms with Gasteiger partial charge in [0.1, 0.15) is 5.15 Å². The molecule has 0 aliphatic rings. The van der Waals surface area contributed by atoms with Crippen LogP contribution in [0.3, 0.4) is 0 Å². The minimum Gasteiger partial charge on any atom is -0.235 e. The van der Waals surface area contributed by atoms with E-state index < -0.39 is 4.84 Å². The van der Waals surface area contributed by atoms with Crippen molar-refractivity contribution < 1.29 is 0 Å². The molecule has 1 aromatic heterocycles. The van der Waals surface area contributed by atoms with Gasteiger partial charge in [0, 0.05) is 0 Å². The lowest BCUT2D eigenvalue weighted by molar-refractivity contribution is 1.15. The van der Waals surface area contributed by atoms with Gasteiger partial charge in [0.15, 0.2) is 4.84 Å². The third-order valence-electron chi connectivity index (χ3n) is 1.22. The van der Waals surface area contributed by atoms with Crippen molar-refractivity contribution in [3.05, 3.63) is 25.9 Å². The van der Waals surface area contributed by atoms with Crippen LogP contribution in [0.25, 0.3) is 0 Å². The fourth-order valence-corrected chi connectivity index (χ4v) is 1.93. The number of nitrogens with zero attached hydrogens (tertiary/aromatic N) is 1. The van der Waals surface area contributed by atoms with E-state index in [0.717, 1.165) is 0 Å². The summed E-state index contributed by atoms with van der Waals surface area (Å²) in [6, 6.07) is 0. The predicted molar refractivity (Wildman–Crippen MR) is 58.7 cm³/mol. The van der Waals surface area contributed by atoms with Crippen LogP contribution in [-0.2, 0) is 0 Å². The van der Waals surface area contributed by atoms with Gasteiger partial charge in [0.25, 0.3) is 0 Å². The first-order valence-electron chi connectivity index (χ1n) is 2.93. The number of hydrogen-bond acceptors (Lipinski definition) is 1.